The summed E-state index contributed by atoms with van der Waals surface area (Å²) < 4.78 is 6.79. The number of carbonyl (C=O) groups excluding carboxylic acids is 1. The van der Waals surface area contributed by atoms with Crippen LogP contribution in [0.4, 0.5) is 0 Å². The largest absolute Gasteiger partial charge is 0.462 e. The smallest absolute Gasteiger partial charge is 0.338 e. The number of carbonyl (C=O) groups is 1. The molecule has 2 aromatic rings. The van der Waals surface area contributed by atoms with Gasteiger partial charge in [0.15, 0.2) is 0 Å². The second-order valence-electron chi connectivity index (χ2n) is 4.06. The van der Waals surface area contributed by atoms with E-state index in [4.69, 9.17) is 10.5 Å². The van der Waals surface area contributed by atoms with Crippen molar-refractivity contribution < 1.29 is 9.53 Å². The van der Waals surface area contributed by atoms with E-state index in [-0.39, 0.29) is 5.97 Å². The molecule has 0 bridgehead atoms. The van der Waals surface area contributed by atoms with E-state index in [9.17, 15) is 4.79 Å². The van der Waals surface area contributed by atoms with Gasteiger partial charge in [0, 0.05) is 18.9 Å². The third-order valence-electron chi connectivity index (χ3n) is 2.82. The maximum Gasteiger partial charge on any atom is 0.338 e. The lowest BCUT2D eigenvalue weighted by atomic mass is 10.1. The molecule has 1 aromatic heterocycles. The molecule has 0 amide bonds. The van der Waals surface area contributed by atoms with Gasteiger partial charge in [0.1, 0.15) is 0 Å². The fourth-order valence-electron chi connectivity index (χ4n) is 2.00. The Morgan fingerprint density at radius 2 is 2.28 bits per heavy atom. The molecule has 1 aromatic carbocycles. The molecule has 5 nitrogen and oxygen atoms in total. The highest BCUT2D eigenvalue weighted by Crippen LogP contribution is 2.20. The van der Waals surface area contributed by atoms with Gasteiger partial charge in [-0.3, -0.25) is 4.68 Å². The summed E-state index contributed by atoms with van der Waals surface area (Å²) in [5.41, 5.74) is 8.03. The van der Waals surface area contributed by atoms with Gasteiger partial charge in [0.25, 0.3) is 0 Å². The maximum atomic E-state index is 11.7. The summed E-state index contributed by atoms with van der Waals surface area (Å²) in [6.45, 7) is 2.70. The van der Waals surface area contributed by atoms with Crippen molar-refractivity contribution in [2.24, 2.45) is 12.8 Å². The molecular weight excluding hydrogens is 230 g/mol. The van der Waals surface area contributed by atoms with Crippen LogP contribution in [0.5, 0.6) is 0 Å². The van der Waals surface area contributed by atoms with Crippen molar-refractivity contribution in [1.82, 2.24) is 9.78 Å². The van der Waals surface area contributed by atoms with E-state index < -0.39 is 0 Å². The second kappa shape index (κ2) is 5.18. The normalized spacial score (nSPS) is 10.8. The summed E-state index contributed by atoms with van der Waals surface area (Å²) in [6.07, 6.45) is 0.698. The van der Waals surface area contributed by atoms with Crippen molar-refractivity contribution in [1.29, 1.82) is 0 Å². The first-order valence-corrected chi connectivity index (χ1v) is 6.00. The zero-order chi connectivity index (χ0) is 13.1. The number of nitrogens with zero attached hydrogens (tertiary/aromatic N) is 2. The predicted octanol–water partition coefficient (Wildman–Crippen LogP) is 1.25. The summed E-state index contributed by atoms with van der Waals surface area (Å²) in [5.74, 6) is -0.304. The van der Waals surface area contributed by atoms with Crippen LogP contribution < -0.4 is 5.73 Å². The maximum absolute atomic E-state index is 11.7. The van der Waals surface area contributed by atoms with E-state index in [0.29, 0.717) is 25.1 Å². The topological polar surface area (TPSA) is 70.1 Å². The van der Waals surface area contributed by atoms with E-state index in [1.54, 1.807) is 17.7 Å². The van der Waals surface area contributed by atoms with Crippen LogP contribution in [0.3, 0.4) is 0 Å². The summed E-state index contributed by atoms with van der Waals surface area (Å²) in [7, 11) is 1.88. The van der Waals surface area contributed by atoms with Crippen LogP contribution in [0.2, 0.25) is 0 Å². The average Bonchev–Trinajstić information content (AvgIpc) is 2.67. The zero-order valence-electron chi connectivity index (χ0n) is 10.6. The number of esters is 1. The van der Waals surface area contributed by atoms with Crippen molar-refractivity contribution in [3.63, 3.8) is 0 Å². The predicted molar refractivity (Wildman–Crippen MR) is 69.4 cm³/mol. The highest BCUT2D eigenvalue weighted by molar-refractivity contribution is 5.95. The Bertz CT molecular complexity index is 575. The molecule has 0 saturated carbocycles. The lowest BCUT2D eigenvalue weighted by Crippen LogP contribution is -2.05. The van der Waals surface area contributed by atoms with Gasteiger partial charge >= 0.3 is 5.97 Å². The number of hydrogen-bond acceptors (Lipinski definition) is 4. The quantitative estimate of drug-likeness (QED) is 0.825. The van der Waals surface area contributed by atoms with Crippen LogP contribution >= 0.6 is 0 Å². The minimum Gasteiger partial charge on any atom is -0.462 e. The number of rotatable bonds is 4. The standard InChI is InChI=1S/C13H17N3O2/c1-3-18-13(17)9-4-5-12-10(8-9)11(6-7-14)15-16(12)2/h4-5,8H,3,6-7,14H2,1-2H3. The molecule has 0 spiro atoms. The molecule has 0 aliphatic carbocycles. The van der Waals surface area contributed by atoms with Gasteiger partial charge in [0.2, 0.25) is 0 Å². The van der Waals surface area contributed by atoms with Crippen LogP contribution in [0.1, 0.15) is 23.0 Å². The number of hydrogen-bond donors (Lipinski definition) is 1. The molecule has 2 N–H and O–H groups in total. The van der Waals surface area contributed by atoms with Crippen molar-refractivity contribution in [2.75, 3.05) is 13.2 Å². The number of aryl methyl sites for hydroxylation is 1. The van der Waals surface area contributed by atoms with Gasteiger partial charge in [-0.2, -0.15) is 5.10 Å². The molecule has 0 radical (unpaired) electrons. The van der Waals surface area contributed by atoms with Crippen molar-refractivity contribution in [2.45, 2.75) is 13.3 Å². The van der Waals surface area contributed by atoms with Gasteiger partial charge in [-0.1, -0.05) is 0 Å². The summed E-state index contributed by atoms with van der Waals surface area (Å²) in [4.78, 5) is 11.7. The van der Waals surface area contributed by atoms with Crippen molar-refractivity contribution in [3.05, 3.63) is 29.5 Å². The molecule has 0 aliphatic rings. The Hall–Kier alpha value is -1.88. The van der Waals surface area contributed by atoms with E-state index in [2.05, 4.69) is 5.10 Å². The van der Waals surface area contributed by atoms with E-state index in [1.807, 2.05) is 19.2 Å². The van der Waals surface area contributed by atoms with Crippen LogP contribution in [0, 0.1) is 0 Å². The summed E-state index contributed by atoms with van der Waals surface area (Å²) in [6, 6.07) is 5.47. The molecule has 0 aliphatic heterocycles. The van der Waals surface area contributed by atoms with Crippen molar-refractivity contribution >= 4 is 16.9 Å². The first-order valence-electron chi connectivity index (χ1n) is 6.00. The molecule has 0 fully saturated rings. The molecule has 0 unspecified atom stereocenters. The molecule has 5 heteroatoms. The molecule has 0 atom stereocenters. The third kappa shape index (κ3) is 2.22. The van der Waals surface area contributed by atoms with Gasteiger partial charge in [-0.15, -0.1) is 0 Å². The molecule has 2 rings (SSSR count). The first-order chi connectivity index (χ1) is 8.67. The third-order valence-corrected chi connectivity index (χ3v) is 2.82. The van der Waals surface area contributed by atoms with Gasteiger partial charge < -0.3 is 10.5 Å². The molecule has 96 valence electrons. The van der Waals surface area contributed by atoms with Gasteiger partial charge in [-0.25, -0.2) is 4.79 Å². The monoisotopic (exact) mass is 247 g/mol. The SMILES string of the molecule is CCOC(=O)c1ccc2c(c1)c(CCN)nn2C. The van der Waals surface area contributed by atoms with E-state index in [0.717, 1.165) is 16.6 Å². The molecule has 1 heterocycles. The lowest BCUT2D eigenvalue weighted by Gasteiger charge is -2.02. The Kier molecular flexibility index (Phi) is 3.62. The second-order valence-corrected chi connectivity index (χ2v) is 4.06. The van der Waals surface area contributed by atoms with E-state index in [1.165, 1.54) is 0 Å². The lowest BCUT2D eigenvalue weighted by molar-refractivity contribution is 0.0526. The highest BCUT2D eigenvalue weighted by atomic mass is 16.5. The minimum absolute atomic E-state index is 0.304. The number of aromatic nitrogens is 2. The van der Waals surface area contributed by atoms with Gasteiger partial charge in [0.05, 0.1) is 23.4 Å². The van der Waals surface area contributed by atoms with Gasteiger partial charge in [-0.05, 0) is 31.7 Å². The fourth-order valence-corrected chi connectivity index (χ4v) is 2.00. The molecule has 0 saturated heterocycles. The van der Waals surface area contributed by atoms with E-state index >= 15 is 0 Å². The minimum atomic E-state index is -0.304. The zero-order valence-corrected chi connectivity index (χ0v) is 10.6. The van der Waals surface area contributed by atoms with Crippen LogP contribution in [0.15, 0.2) is 18.2 Å². The summed E-state index contributed by atoms with van der Waals surface area (Å²) >= 11 is 0. The van der Waals surface area contributed by atoms with Crippen LogP contribution in [0.25, 0.3) is 10.9 Å². The van der Waals surface area contributed by atoms with Crippen LogP contribution in [-0.2, 0) is 18.2 Å². The fraction of sp³-hybridized carbons (Fsp3) is 0.385. The van der Waals surface area contributed by atoms with Crippen molar-refractivity contribution in [3.8, 4) is 0 Å². The number of benzene rings is 1. The average molecular weight is 247 g/mol. The number of nitrogens with two attached hydrogens (primary N) is 1. The molecule has 18 heavy (non-hydrogen) atoms. The van der Waals surface area contributed by atoms with Crippen LogP contribution in [-0.4, -0.2) is 28.9 Å². The Morgan fingerprint density at radius 1 is 1.50 bits per heavy atom. The first kappa shape index (κ1) is 12.6. The number of ether oxygens (including phenoxy) is 1. The Morgan fingerprint density at radius 3 is 2.94 bits per heavy atom. The Balaban J connectivity index is 2.48. The Labute approximate surface area is 106 Å². The summed E-state index contributed by atoms with van der Waals surface area (Å²) in [5, 5.41) is 5.38. The molecular formula is C13H17N3O2. The highest BCUT2D eigenvalue weighted by Gasteiger charge is 2.12. The number of fused-ring (bicyclic) bond motifs is 1.